The van der Waals surface area contributed by atoms with Crippen LogP contribution in [0.1, 0.15) is 40.0 Å². The highest BCUT2D eigenvalue weighted by Gasteiger charge is 2.10. The number of rotatable bonds is 6. The highest BCUT2D eigenvalue weighted by atomic mass is 16.6. The van der Waals surface area contributed by atoms with Gasteiger partial charge >= 0.3 is 0 Å². The second-order valence-corrected chi connectivity index (χ2v) is 6.82. The van der Waals surface area contributed by atoms with Crippen molar-refractivity contribution in [3.63, 3.8) is 0 Å². The van der Waals surface area contributed by atoms with Crippen molar-refractivity contribution < 1.29 is 14.4 Å². The lowest BCUT2D eigenvalue weighted by molar-refractivity contribution is -0.384. The minimum absolute atomic E-state index is 0.0417. The minimum atomic E-state index is -0.406. The maximum absolute atomic E-state index is 10.5. The van der Waals surface area contributed by atoms with E-state index in [1.807, 2.05) is 20.8 Å². The molecule has 1 aliphatic rings. The van der Waals surface area contributed by atoms with Gasteiger partial charge in [-0.1, -0.05) is 0 Å². The van der Waals surface area contributed by atoms with Gasteiger partial charge < -0.3 is 14.4 Å². The molecule has 1 aliphatic heterocycles. The third-order valence-corrected chi connectivity index (χ3v) is 3.75. The van der Waals surface area contributed by atoms with Crippen LogP contribution in [0.4, 0.5) is 5.69 Å². The van der Waals surface area contributed by atoms with Gasteiger partial charge in [-0.3, -0.25) is 10.1 Å². The first-order chi connectivity index (χ1) is 11.3. The zero-order chi connectivity index (χ0) is 18.0. The van der Waals surface area contributed by atoms with Crippen molar-refractivity contribution in [2.75, 3.05) is 33.4 Å². The van der Waals surface area contributed by atoms with Crippen molar-refractivity contribution in [3.8, 4) is 5.75 Å². The Balaban J connectivity index is 0.000000413. The molecule has 0 N–H and O–H groups in total. The Bertz CT molecular complexity index is 477. The molecule has 1 aromatic rings. The summed E-state index contributed by atoms with van der Waals surface area (Å²) < 4.78 is 10.5. The summed E-state index contributed by atoms with van der Waals surface area (Å²) in [6.07, 6.45) is 3.61. The van der Waals surface area contributed by atoms with Crippen molar-refractivity contribution in [2.45, 2.75) is 45.6 Å². The van der Waals surface area contributed by atoms with Crippen LogP contribution in [-0.4, -0.2) is 48.8 Å². The Hall–Kier alpha value is -1.66. The van der Waals surface area contributed by atoms with Gasteiger partial charge in [0.15, 0.2) is 0 Å². The molecular formula is C18H30N2O4. The van der Waals surface area contributed by atoms with E-state index in [1.165, 1.54) is 38.1 Å². The molecule has 0 spiro atoms. The fraction of sp³-hybridized carbons (Fsp3) is 0.667. The van der Waals surface area contributed by atoms with Gasteiger partial charge in [0.25, 0.3) is 5.69 Å². The molecule has 0 saturated carbocycles. The molecule has 0 atom stereocenters. The summed E-state index contributed by atoms with van der Waals surface area (Å²) in [6.45, 7) is 10.2. The van der Waals surface area contributed by atoms with E-state index in [0.717, 1.165) is 13.0 Å². The summed E-state index contributed by atoms with van der Waals surface area (Å²) in [5.74, 6) is 0.696. The van der Waals surface area contributed by atoms with Gasteiger partial charge in [0.05, 0.1) is 17.1 Å². The molecule has 1 aromatic carbocycles. The van der Waals surface area contributed by atoms with E-state index in [-0.39, 0.29) is 11.3 Å². The number of hydrogen-bond acceptors (Lipinski definition) is 5. The van der Waals surface area contributed by atoms with E-state index in [0.29, 0.717) is 12.4 Å². The Morgan fingerprint density at radius 3 is 2.17 bits per heavy atom. The molecule has 0 amide bonds. The van der Waals surface area contributed by atoms with E-state index in [4.69, 9.17) is 9.47 Å². The number of methoxy groups -OCH3 is 1. The Morgan fingerprint density at radius 1 is 1.17 bits per heavy atom. The van der Waals surface area contributed by atoms with Crippen LogP contribution in [0.2, 0.25) is 0 Å². The first-order valence-corrected chi connectivity index (χ1v) is 8.46. The molecule has 1 heterocycles. The predicted molar refractivity (Wildman–Crippen MR) is 95.6 cm³/mol. The molecule has 6 nitrogen and oxygen atoms in total. The number of ether oxygens (including phenoxy) is 2. The normalized spacial score (nSPS) is 14.8. The number of nitro benzene ring substituents is 1. The van der Waals surface area contributed by atoms with Crippen LogP contribution >= 0.6 is 0 Å². The number of non-ortho nitro benzene ring substituents is 1. The van der Waals surface area contributed by atoms with Crippen molar-refractivity contribution in [3.05, 3.63) is 34.4 Å². The first-order valence-electron chi connectivity index (χ1n) is 8.46. The lowest BCUT2D eigenvalue weighted by atomic mass is 10.2. The zero-order valence-corrected chi connectivity index (χ0v) is 15.3. The number of nitrogens with zero attached hydrogens (tertiary/aromatic N) is 2. The van der Waals surface area contributed by atoms with Crippen LogP contribution in [0, 0.1) is 10.1 Å². The maximum Gasteiger partial charge on any atom is 0.269 e. The largest absolute Gasteiger partial charge is 0.494 e. The highest BCUT2D eigenvalue weighted by molar-refractivity contribution is 5.35. The zero-order valence-electron chi connectivity index (χ0n) is 15.3. The van der Waals surface area contributed by atoms with Gasteiger partial charge in [-0.15, -0.1) is 0 Å². The average Bonchev–Trinajstić information content (AvgIpc) is 3.05. The molecule has 0 aliphatic carbocycles. The van der Waals surface area contributed by atoms with Gasteiger partial charge in [-0.05, 0) is 65.3 Å². The fourth-order valence-electron chi connectivity index (χ4n) is 2.15. The molecule has 0 radical (unpaired) electrons. The molecule has 24 heavy (non-hydrogen) atoms. The molecule has 0 unspecified atom stereocenters. The molecule has 136 valence electrons. The lowest BCUT2D eigenvalue weighted by Gasteiger charge is -2.14. The molecule has 1 saturated heterocycles. The van der Waals surface area contributed by atoms with Gasteiger partial charge in [-0.25, -0.2) is 0 Å². The summed E-state index contributed by atoms with van der Waals surface area (Å²) in [7, 11) is 1.71. The van der Waals surface area contributed by atoms with E-state index < -0.39 is 4.92 Å². The van der Waals surface area contributed by atoms with E-state index >= 15 is 0 Å². The van der Waals surface area contributed by atoms with Crippen LogP contribution in [0.25, 0.3) is 0 Å². The molecular weight excluding hydrogens is 308 g/mol. The Morgan fingerprint density at radius 2 is 1.71 bits per heavy atom. The molecule has 1 fully saturated rings. The third kappa shape index (κ3) is 8.84. The summed E-state index contributed by atoms with van der Waals surface area (Å²) in [5.41, 5.74) is 0.138. The third-order valence-electron chi connectivity index (χ3n) is 3.75. The maximum atomic E-state index is 10.5. The van der Waals surface area contributed by atoms with Crippen LogP contribution in [-0.2, 0) is 4.74 Å². The second kappa shape index (κ2) is 10.3. The summed E-state index contributed by atoms with van der Waals surface area (Å²) in [5, 5.41) is 10.5. The number of nitro groups is 1. The van der Waals surface area contributed by atoms with Gasteiger partial charge in [-0.2, -0.15) is 0 Å². The predicted octanol–water partition coefficient (Wildman–Crippen LogP) is 3.89. The molecule has 6 heteroatoms. The fourth-order valence-corrected chi connectivity index (χ4v) is 2.15. The van der Waals surface area contributed by atoms with Gasteiger partial charge in [0.2, 0.25) is 0 Å². The van der Waals surface area contributed by atoms with Crippen LogP contribution < -0.4 is 4.74 Å². The van der Waals surface area contributed by atoms with E-state index in [2.05, 4.69) is 4.90 Å². The topological polar surface area (TPSA) is 64.8 Å². The summed E-state index contributed by atoms with van der Waals surface area (Å²) in [4.78, 5) is 12.5. The van der Waals surface area contributed by atoms with Gasteiger partial charge in [0, 0.05) is 25.8 Å². The molecule has 0 aromatic heterocycles. The standard InChI is InChI=1S/C13H18N2O3.C5H12O/c16-15(17)12-4-6-13(7-5-12)18-11-3-10-14-8-1-2-9-14;1-5(2,3)6-4/h4-7H,1-3,8-11H2;1-4H3. The van der Waals surface area contributed by atoms with Crippen LogP contribution in [0.5, 0.6) is 5.75 Å². The summed E-state index contributed by atoms with van der Waals surface area (Å²) in [6, 6.07) is 6.23. The van der Waals surface area contributed by atoms with Crippen molar-refractivity contribution in [1.29, 1.82) is 0 Å². The first kappa shape index (κ1) is 20.4. The average molecular weight is 338 g/mol. The number of hydrogen-bond donors (Lipinski definition) is 0. The lowest BCUT2D eigenvalue weighted by Crippen LogP contribution is -2.21. The quantitative estimate of drug-likeness (QED) is 0.447. The second-order valence-electron chi connectivity index (χ2n) is 6.82. The minimum Gasteiger partial charge on any atom is -0.494 e. The highest BCUT2D eigenvalue weighted by Crippen LogP contribution is 2.17. The van der Waals surface area contributed by atoms with Crippen LogP contribution in [0.3, 0.4) is 0 Å². The smallest absolute Gasteiger partial charge is 0.269 e. The Kier molecular flexibility index (Phi) is 8.71. The van der Waals surface area contributed by atoms with Crippen molar-refractivity contribution in [2.24, 2.45) is 0 Å². The summed E-state index contributed by atoms with van der Waals surface area (Å²) >= 11 is 0. The van der Waals surface area contributed by atoms with Crippen molar-refractivity contribution >= 4 is 5.69 Å². The SMILES string of the molecule is COC(C)(C)C.O=[N+]([O-])c1ccc(OCCCN2CCCC2)cc1. The van der Waals surface area contributed by atoms with E-state index in [1.54, 1.807) is 19.2 Å². The molecule has 0 bridgehead atoms. The molecule has 2 rings (SSSR count). The van der Waals surface area contributed by atoms with Crippen LogP contribution in [0.15, 0.2) is 24.3 Å². The van der Waals surface area contributed by atoms with Crippen molar-refractivity contribution in [1.82, 2.24) is 4.90 Å². The Labute approximate surface area is 144 Å². The van der Waals surface area contributed by atoms with E-state index in [9.17, 15) is 10.1 Å². The number of likely N-dealkylation sites (tertiary alicyclic amines) is 1. The number of benzene rings is 1. The monoisotopic (exact) mass is 338 g/mol. The van der Waals surface area contributed by atoms with Gasteiger partial charge in [0.1, 0.15) is 5.75 Å².